The summed E-state index contributed by atoms with van der Waals surface area (Å²) in [6.07, 6.45) is 1.91. The topological polar surface area (TPSA) is 106 Å². The number of nitrogens with zero attached hydrogens (tertiary/aromatic N) is 1. The number of carboxylic acid groups (broad SMARTS) is 1. The number of carbonyl (C=O) groups is 3. The normalized spacial score (nSPS) is 9.90. The van der Waals surface area contributed by atoms with Crippen LogP contribution in [-0.2, 0) is 14.3 Å². The number of esters is 1. The molecule has 0 aliphatic carbocycles. The van der Waals surface area contributed by atoms with Crippen molar-refractivity contribution in [2.24, 2.45) is 0 Å². The smallest absolute Gasteiger partial charge is 0.339 e. The van der Waals surface area contributed by atoms with Gasteiger partial charge in [0.25, 0.3) is 0 Å². The van der Waals surface area contributed by atoms with Crippen LogP contribution in [0.25, 0.3) is 0 Å². The van der Waals surface area contributed by atoms with E-state index in [9.17, 15) is 14.4 Å². The van der Waals surface area contributed by atoms with Crippen LogP contribution in [0.1, 0.15) is 29.6 Å². The van der Waals surface area contributed by atoms with Gasteiger partial charge >= 0.3 is 11.9 Å². The largest absolute Gasteiger partial charge is 0.478 e. The molecule has 0 spiro atoms. The number of amides is 1. The lowest BCUT2D eigenvalue weighted by Gasteiger charge is -2.07. The van der Waals surface area contributed by atoms with Gasteiger partial charge < -0.3 is 15.2 Å². The minimum atomic E-state index is -1.19. The number of hydrogen-bond donors (Lipinski definition) is 2. The van der Waals surface area contributed by atoms with E-state index in [2.05, 4.69) is 31.0 Å². The van der Waals surface area contributed by atoms with Crippen LogP contribution in [0.3, 0.4) is 0 Å². The summed E-state index contributed by atoms with van der Waals surface area (Å²) >= 11 is 3.11. The highest BCUT2D eigenvalue weighted by atomic mass is 79.9. The van der Waals surface area contributed by atoms with Crippen LogP contribution in [0.4, 0.5) is 5.82 Å². The number of halogens is 1. The Bertz CT molecular complexity index is 533. The molecule has 0 bridgehead atoms. The maximum Gasteiger partial charge on any atom is 0.339 e. The molecule has 0 aromatic carbocycles. The molecule has 20 heavy (non-hydrogen) atoms. The molecule has 2 N–H and O–H groups in total. The number of anilines is 1. The average molecular weight is 345 g/mol. The monoisotopic (exact) mass is 344 g/mol. The summed E-state index contributed by atoms with van der Waals surface area (Å²) in [7, 11) is 1.27. The van der Waals surface area contributed by atoms with E-state index < -0.39 is 17.8 Å². The van der Waals surface area contributed by atoms with Crippen molar-refractivity contribution in [3.8, 4) is 0 Å². The summed E-state index contributed by atoms with van der Waals surface area (Å²) in [6, 6.07) is 1.35. The van der Waals surface area contributed by atoms with Crippen LogP contribution in [0.2, 0.25) is 0 Å². The van der Waals surface area contributed by atoms with Crippen molar-refractivity contribution in [3.05, 3.63) is 22.3 Å². The second-order valence-corrected chi connectivity index (χ2v) is 4.75. The highest BCUT2D eigenvalue weighted by molar-refractivity contribution is 9.10. The van der Waals surface area contributed by atoms with Gasteiger partial charge in [-0.05, 0) is 28.4 Å². The maximum absolute atomic E-state index is 11.6. The van der Waals surface area contributed by atoms with E-state index in [4.69, 9.17) is 5.11 Å². The number of hydrogen-bond acceptors (Lipinski definition) is 5. The summed E-state index contributed by atoms with van der Waals surface area (Å²) in [5.41, 5.74) is -0.110. The number of carboxylic acids is 1. The van der Waals surface area contributed by atoms with Crippen LogP contribution < -0.4 is 5.32 Å². The van der Waals surface area contributed by atoms with Crippen molar-refractivity contribution in [2.75, 3.05) is 12.4 Å². The van der Waals surface area contributed by atoms with Crippen LogP contribution in [-0.4, -0.2) is 35.0 Å². The van der Waals surface area contributed by atoms with E-state index in [1.165, 1.54) is 19.4 Å². The SMILES string of the molecule is COC(=O)CCCC(=O)Nc1ncc(Br)cc1C(=O)O. The number of carbonyl (C=O) groups excluding carboxylic acids is 2. The van der Waals surface area contributed by atoms with E-state index in [0.29, 0.717) is 10.9 Å². The first-order chi connectivity index (χ1) is 9.43. The van der Waals surface area contributed by atoms with E-state index in [1.807, 2.05) is 0 Å². The fourth-order valence-corrected chi connectivity index (χ4v) is 1.72. The summed E-state index contributed by atoms with van der Waals surface area (Å²) in [5, 5.41) is 11.4. The lowest BCUT2D eigenvalue weighted by atomic mass is 10.2. The van der Waals surface area contributed by atoms with Crippen molar-refractivity contribution < 1.29 is 24.2 Å². The minimum Gasteiger partial charge on any atom is -0.478 e. The lowest BCUT2D eigenvalue weighted by Crippen LogP contribution is -2.16. The van der Waals surface area contributed by atoms with Crippen LogP contribution in [0.5, 0.6) is 0 Å². The van der Waals surface area contributed by atoms with Crippen molar-refractivity contribution >= 4 is 39.6 Å². The van der Waals surface area contributed by atoms with Gasteiger partial charge in [0, 0.05) is 23.5 Å². The zero-order chi connectivity index (χ0) is 15.1. The molecule has 0 saturated heterocycles. The van der Waals surface area contributed by atoms with E-state index in [0.717, 1.165) is 0 Å². The summed E-state index contributed by atoms with van der Waals surface area (Å²) < 4.78 is 4.95. The Kier molecular flexibility index (Phi) is 6.10. The fourth-order valence-electron chi connectivity index (χ4n) is 1.39. The fraction of sp³-hybridized carbons (Fsp3) is 0.333. The lowest BCUT2D eigenvalue weighted by molar-refractivity contribution is -0.140. The maximum atomic E-state index is 11.6. The predicted molar refractivity (Wildman–Crippen MR) is 73.4 cm³/mol. The number of rotatable bonds is 6. The van der Waals surface area contributed by atoms with Crippen molar-refractivity contribution in [2.45, 2.75) is 19.3 Å². The Morgan fingerprint density at radius 2 is 2.10 bits per heavy atom. The third-order valence-electron chi connectivity index (χ3n) is 2.35. The number of aromatic nitrogens is 1. The molecule has 7 nitrogen and oxygen atoms in total. The first-order valence-corrected chi connectivity index (χ1v) is 6.49. The van der Waals surface area contributed by atoms with Gasteiger partial charge in [0.05, 0.1) is 7.11 Å². The second-order valence-electron chi connectivity index (χ2n) is 3.83. The van der Waals surface area contributed by atoms with Gasteiger partial charge in [-0.1, -0.05) is 0 Å². The Morgan fingerprint density at radius 1 is 1.40 bits per heavy atom. The average Bonchev–Trinajstić information content (AvgIpc) is 2.40. The Labute approximate surface area is 123 Å². The van der Waals surface area contributed by atoms with E-state index in [-0.39, 0.29) is 24.2 Å². The molecule has 0 unspecified atom stereocenters. The molecule has 0 aliphatic heterocycles. The Hall–Kier alpha value is -1.96. The summed E-state index contributed by atoms with van der Waals surface area (Å²) in [5.74, 6) is -2.02. The van der Waals surface area contributed by atoms with Crippen molar-refractivity contribution in [3.63, 3.8) is 0 Å². The van der Waals surface area contributed by atoms with Crippen molar-refractivity contribution in [1.82, 2.24) is 4.98 Å². The summed E-state index contributed by atoms with van der Waals surface area (Å²) in [4.78, 5) is 37.4. The molecule has 108 valence electrons. The highest BCUT2D eigenvalue weighted by Crippen LogP contribution is 2.18. The molecular weight excluding hydrogens is 332 g/mol. The Morgan fingerprint density at radius 3 is 2.70 bits per heavy atom. The molecule has 8 heteroatoms. The number of pyridine rings is 1. The summed E-state index contributed by atoms with van der Waals surface area (Å²) in [6.45, 7) is 0. The molecule has 0 radical (unpaired) electrons. The number of aromatic carboxylic acids is 1. The van der Waals surface area contributed by atoms with Crippen molar-refractivity contribution in [1.29, 1.82) is 0 Å². The number of nitrogens with one attached hydrogen (secondary N) is 1. The Balaban J connectivity index is 2.62. The molecule has 0 fully saturated rings. The molecule has 1 heterocycles. The van der Waals surface area contributed by atoms with Crippen LogP contribution in [0, 0.1) is 0 Å². The quantitative estimate of drug-likeness (QED) is 0.762. The van der Waals surface area contributed by atoms with Crippen LogP contribution >= 0.6 is 15.9 Å². The van der Waals surface area contributed by atoms with Gasteiger partial charge in [0.2, 0.25) is 5.91 Å². The van der Waals surface area contributed by atoms with Gasteiger partial charge in [-0.3, -0.25) is 9.59 Å². The standard InChI is InChI=1S/C12H13BrN2O5/c1-20-10(17)4-2-3-9(16)15-11-8(12(18)19)5-7(13)6-14-11/h5-6H,2-4H2,1H3,(H,18,19)(H,14,15,16). The molecule has 0 saturated carbocycles. The molecule has 1 aromatic heterocycles. The molecule has 1 rings (SSSR count). The molecular formula is C12H13BrN2O5. The third-order valence-corrected chi connectivity index (χ3v) is 2.79. The molecule has 1 aromatic rings. The van der Waals surface area contributed by atoms with Gasteiger partial charge in [-0.15, -0.1) is 0 Å². The molecule has 0 aliphatic rings. The zero-order valence-corrected chi connectivity index (χ0v) is 12.3. The van der Waals surface area contributed by atoms with Gasteiger partial charge in [0.15, 0.2) is 0 Å². The third kappa shape index (κ3) is 4.96. The first kappa shape index (κ1) is 16.1. The van der Waals surface area contributed by atoms with Gasteiger partial charge in [-0.2, -0.15) is 0 Å². The van der Waals surface area contributed by atoms with Crippen LogP contribution in [0.15, 0.2) is 16.7 Å². The van der Waals surface area contributed by atoms with Gasteiger partial charge in [0.1, 0.15) is 11.4 Å². The first-order valence-electron chi connectivity index (χ1n) is 5.69. The van der Waals surface area contributed by atoms with E-state index in [1.54, 1.807) is 0 Å². The predicted octanol–water partition coefficient (Wildman–Crippen LogP) is 1.82. The second kappa shape index (κ2) is 7.59. The van der Waals surface area contributed by atoms with Gasteiger partial charge in [-0.25, -0.2) is 9.78 Å². The molecule has 0 atom stereocenters. The number of methoxy groups -OCH3 is 1. The van der Waals surface area contributed by atoms with E-state index >= 15 is 0 Å². The highest BCUT2D eigenvalue weighted by Gasteiger charge is 2.14. The zero-order valence-electron chi connectivity index (χ0n) is 10.7. The number of ether oxygens (including phenoxy) is 1. The molecule has 1 amide bonds. The minimum absolute atomic E-state index is 0.0243.